The smallest absolute Gasteiger partial charge is 0.258 e. The maximum atomic E-state index is 12.7. The Balaban J connectivity index is 2.35. The number of nitrogens with one attached hydrogen (secondary N) is 1. The van der Waals surface area contributed by atoms with Crippen molar-refractivity contribution in [2.24, 2.45) is 7.05 Å². The van der Waals surface area contributed by atoms with Gasteiger partial charge in [-0.15, -0.1) is 0 Å². The van der Waals surface area contributed by atoms with Gasteiger partial charge < -0.3 is 10.2 Å². The van der Waals surface area contributed by atoms with Gasteiger partial charge in [-0.1, -0.05) is 6.92 Å². The molecule has 1 aromatic rings. The molecule has 2 amide bonds. The molecule has 2 heterocycles. The first kappa shape index (κ1) is 13.6. The van der Waals surface area contributed by atoms with Crippen molar-refractivity contribution in [2.75, 3.05) is 13.1 Å². The zero-order valence-electron chi connectivity index (χ0n) is 11.9. The molecule has 6 heteroatoms. The molecule has 1 aliphatic heterocycles. The molecule has 2 rings (SSSR count). The number of rotatable bonds is 2. The first-order valence-corrected chi connectivity index (χ1v) is 6.56. The van der Waals surface area contributed by atoms with Crippen molar-refractivity contribution < 1.29 is 9.59 Å². The number of aryl methyl sites for hydroxylation is 2. The molecule has 19 heavy (non-hydrogen) atoms. The SMILES string of the molecule is CCC1C(=O)NCCN1C(=O)c1c(C)nn(C)c1C. The van der Waals surface area contributed by atoms with E-state index in [1.807, 2.05) is 27.8 Å². The van der Waals surface area contributed by atoms with Gasteiger partial charge in [0.25, 0.3) is 5.91 Å². The quantitative estimate of drug-likeness (QED) is 0.840. The average molecular weight is 264 g/mol. The van der Waals surface area contributed by atoms with Crippen molar-refractivity contribution in [1.29, 1.82) is 0 Å². The van der Waals surface area contributed by atoms with Crippen LogP contribution in [0.4, 0.5) is 0 Å². The predicted molar refractivity (Wildman–Crippen MR) is 70.8 cm³/mol. The van der Waals surface area contributed by atoms with Gasteiger partial charge in [0.2, 0.25) is 5.91 Å². The Bertz CT molecular complexity index is 521. The van der Waals surface area contributed by atoms with E-state index in [1.54, 1.807) is 9.58 Å². The van der Waals surface area contributed by atoms with E-state index in [0.29, 0.717) is 30.8 Å². The second-order valence-electron chi connectivity index (χ2n) is 4.88. The molecule has 1 saturated heterocycles. The first-order valence-electron chi connectivity index (χ1n) is 6.56. The number of carbonyl (C=O) groups excluding carboxylic acids is 2. The molecule has 1 N–H and O–H groups in total. The van der Waals surface area contributed by atoms with Gasteiger partial charge in [-0.25, -0.2) is 0 Å². The minimum atomic E-state index is -0.375. The van der Waals surface area contributed by atoms with Crippen LogP contribution < -0.4 is 5.32 Å². The topological polar surface area (TPSA) is 67.2 Å². The maximum Gasteiger partial charge on any atom is 0.258 e. The lowest BCUT2D eigenvalue weighted by atomic mass is 10.1. The van der Waals surface area contributed by atoms with Crippen molar-refractivity contribution in [3.63, 3.8) is 0 Å². The van der Waals surface area contributed by atoms with Crippen LogP contribution in [0.3, 0.4) is 0 Å². The molecule has 6 nitrogen and oxygen atoms in total. The minimum absolute atomic E-state index is 0.0682. The molecule has 1 aliphatic rings. The highest BCUT2D eigenvalue weighted by atomic mass is 16.2. The number of hydrogen-bond donors (Lipinski definition) is 1. The lowest BCUT2D eigenvalue weighted by Gasteiger charge is -2.34. The number of piperazine rings is 1. The van der Waals surface area contributed by atoms with E-state index in [2.05, 4.69) is 10.4 Å². The maximum absolute atomic E-state index is 12.7. The molecule has 1 aromatic heterocycles. The molecule has 0 saturated carbocycles. The highest BCUT2D eigenvalue weighted by molar-refractivity contribution is 5.99. The second-order valence-corrected chi connectivity index (χ2v) is 4.88. The molecule has 1 atom stereocenters. The van der Waals surface area contributed by atoms with Gasteiger partial charge in [0, 0.05) is 25.8 Å². The average Bonchev–Trinajstić information content (AvgIpc) is 2.62. The summed E-state index contributed by atoms with van der Waals surface area (Å²) < 4.78 is 1.70. The van der Waals surface area contributed by atoms with E-state index in [0.717, 1.165) is 5.69 Å². The Morgan fingerprint density at radius 1 is 1.47 bits per heavy atom. The summed E-state index contributed by atoms with van der Waals surface area (Å²) in [5.41, 5.74) is 2.17. The van der Waals surface area contributed by atoms with Crippen LogP contribution in [0.15, 0.2) is 0 Å². The Morgan fingerprint density at radius 3 is 2.68 bits per heavy atom. The summed E-state index contributed by atoms with van der Waals surface area (Å²) >= 11 is 0. The lowest BCUT2D eigenvalue weighted by Crippen LogP contribution is -2.57. The van der Waals surface area contributed by atoms with Gasteiger partial charge in [0.05, 0.1) is 11.3 Å². The fourth-order valence-corrected chi connectivity index (χ4v) is 2.59. The summed E-state index contributed by atoms with van der Waals surface area (Å²) in [6.07, 6.45) is 0.621. The van der Waals surface area contributed by atoms with Crippen LogP contribution >= 0.6 is 0 Å². The summed E-state index contributed by atoms with van der Waals surface area (Å²) in [6, 6.07) is -0.375. The van der Waals surface area contributed by atoms with Crippen molar-refractivity contribution in [1.82, 2.24) is 20.0 Å². The van der Waals surface area contributed by atoms with Gasteiger partial charge in [-0.05, 0) is 20.3 Å². The number of aromatic nitrogens is 2. The third-order valence-electron chi connectivity index (χ3n) is 3.70. The molecule has 0 spiro atoms. The monoisotopic (exact) mass is 264 g/mol. The Labute approximate surface area is 112 Å². The molecular formula is C13H20N4O2. The number of nitrogens with zero attached hydrogens (tertiary/aromatic N) is 3. The summed E-state index contributed by atoms with van der Waals surface area (Å²) in [4.78, 5) is 26.1. The first-order chi connectivity index (χ1) is 8.97. The van der Waals surface area contributed by atoms with Crippen LogP contribution in [0.1, 0.15) is 35.1 Å². The highest BCUT2D eigenvalue weighted by Crippen LogP contribution is 2.18. The van der Waals surface area contributed by atoms with Crippen molar-refractivity contribution in [3.8, 4) is 0 Å². The summed E-state index contributed by atoms with van der Waals surface area (Å²) in [5.74, 6) is -0.161. The van der Waals surface area contributed by atoms with E-state index < -0.39 is 0 Å². The number of amides is 2. The van der Waals surface area contributed by atoms with Gasteiger partial charge in [-0.3, -0.25) is 14.3 Å². The van der Waals surface area contributed by atoms with E-state index in [-0.39, 0.29) is 17.9 Å². The zero-order chi connectivity index (χ0) is 14.2. The Hall–Kier alpha value is -1.85. The van der Waals surface area contributed by atoms with E-state index >= 15 is 0 Å². The Kier molecular flexibility index (Phi) is 3.59. The molecule has 0 aromatic carbocycles. The molecule has 0 bridgehead atoms. The number of carbonyl (C=O) groups is 2. The van der Waals surface area contributed by atoms with Gasteiger partial charge in [-0.2, -0.15) is 5.10 Å². The predicted octanol–water partition coefficient (Wildman–Crippen LogP) is 0.388. The third kappa shape index (κ3) is 2.22. The largest absolute Gasteiger partial charge is 0.353 e. The molecule has 1 unspecified atom stereocenters. The lowest BCUT2D eigenvalue weighted by molar-refractivity contribution is -0.127. The minimum Gasteiger partial charge on any atom is -0.353 e. The van der Waals surface area contributed by atoms with Gasteiger partial charge in [0.1, 0.15) is 6.04 Å². The van der Waals surface area contributed by atoms with Crippen LogP contribution in [0.2, 0.25) is 0 Å². The molecule has 0 aliphatic carbocycles. The summed E-state index contributed by atoms with van der Waals surface area (Å²) in [6.45, 7) is 6.68. The second kappa shape index (κ2) is 5.03. The fraction of sp³-hybridized carbons (Fsp3) is 0.615. The van der Waals surface area contributed by atoms with Gasteiger partial charge >= 0.3 is 0 Å². The standard InChI is InChI=1S/C13H20N4O2/c1-5-10-12(18)14-6-7-17(10)13(19)11-8(2)15-16(4)9(11)3/h10H,5-7H2,1-4H3,(H,14,18). The fourth-order valence-electron chi connectivity index (χ4n) is 2.59. The molecule has 104 valence electrons. The third-order valence-corrected chi connectivity index (χ3v) is 3.70. The van der Waals surface area contributed by atoms with Crippen LogP contribution in [0.5, 0.6) is 0 Å². The van der Waals surface area contributed by atoms with Crippen LogP contribution in [-0.2, 0) is 11.8 Å². The summed E-state index contributed by atoms with van der Waals surface area (Å²) in [7, 11) is 1.82. The van der Waals surface area contributed by atoms with Crippen molar-refractivity contribution >= 4 is 11.8 Å². The van der Waals surface area contributed by atoms with Crippen molar-refractivity contribution in [2.45, 2.75) is 33.2 Å². The summed E-state index contributed by atoms with van der Waals surface area (Å²) in [5, 5.41) is 7.07. The van der Waals surface area contributed by atoms with Crippen LogP contribution in [0.25, 0.3) is 0 Å². The Morgan fingerprint density at radius 2 is 2.16 bits per heavy atom. The highest BCUT2D eigenvalue weighted by Gasteiger charge is 2.34. The van der Waals surface area contributed by atoms with Crippen LogP contribution in [0, 0.1) is 13.8 Å². The zero-order valence-corrected chi connectivity index (χ0v) is 11.9. The van der Waals surface area contributed by atoms with E-state index in [9.17, 15) is 9.59 Å². The molecule has 0 radical (unpaired) electrons. The van der Waals surface area contributed by atoms with Crippen molar-refractivity contribution in [3.05, 3.63) is 17.0 Å². The molecule has 1 fully saturated rings. The van der Waals surface area contributed by atoms with Gasteiger partial charge in [0.15, 0.2) is 0 Å². The normalized spacial score (nSPS) is 19.5. The molecular weight excluding hydrogens is 244 g/mol. The van der Waals surface area contributed by atoms with E-state index in [4.69, 9.17) is 0 Å². The number of hydrogen-bond acceptors (Lipinski definition) is 3. The van der Waals surface area contributed by atoms with Crippen LogP contribution in [-0.4, -0.2) is 45.6 Å². The van der Waals surface area contributed by atoms with E-state index in [1.165, 1.54) is 0 Å².